The number of amides is 1. The van der Waals surface area contributed by atoms with Crippen molar-refractivity contribution in [3.05, 3.63) is 40.6 Å². The fourth-order valence-electron chi connectivity index (χ4n) is 3.42. The number of likely N-dealkylation sites (tertiary alicyclic amines) is 1. The summed E-state index contributed by atoms with van der Waals surface area (Å²) in [5.74, 6) is -0.611. The van der Waals surface area contributed by atoms with Gasteiger partial charge >= 0.3 is 6.18 Å². The fourth-order valence-corrected chi connectivity index (χ4v) is 4.35. The van der Waals surface area contributed by atoms with Crippen molar-refractivity contribution in [3.8, 4) is 0 Å². The third kappa shape index (κ3) is 4.27. The predicted octanol–water partition coefficient (Wildman–Crippen LogP) is 2.92. The van der Waals surface area contributed by atoms with Crippen LogP contribution in [0.3, 0.4) is 0 Å². The normalized spacial score (nSPS) is 21.7. The number of halogens is 3. The van der Waals surface area contributed by atoms with Gasteiger partial charge in [-0.05, 0) is 38.4 Å². The molecule has 1 saturated heterocycles. The van der Waals surface area contributed by atoms with Gasteiger partial charge in [0, 0.05) is 35.2 Å². The summed E-state index contributed by atoms with van der Waals surface area (Å²) >= 11 is 1.69. The zero-order valence-electron chi connectivity index (χ0n) is 14.4. The maximum absolute atomic E-state index is 12.8. The molecule has 5 nitrogen and oxygen atoms in total. The minimum atomic E-state index is -4.44. The molecule has 3 heterocycles. The summed E-state index contributed by atoms with van der Waals surface area (Å²) in [6.07, 6.45) is 1.46. The van der Waals surface area contributed by atoms with Gasteiger partial charge in [-0.25, -0.2) is 4.98 Å². The third-order valence-electron chi connectivity index (χ3n) is 4.60. The molecule has 2 aromatic rings. The van der Waals surface area contributed by atoms with Crippen LogP contribution in [-0.2, 0) is 16.9 Å². The first-order valence-corrected chi connectivity index (χ1v) is 9.21. The Hall–Kier alpha value is -1.87. The Morgan fingerprint density at radius 2 is 2.23 bits per heavy atom. The van der Waals surface area contributed by atoms with E-state index in [2.05, 4.69) is 21.3 Å². The highest BCUT2D eigenvalue weighted by atomic mass is 32.1. The first-order valence-electron chi connectivity index (χ1n) is 8.40. The third-order valence-corrected chi connectivity index (χ3v) is 5.58. The van der Waals surface area contributed by atoms with E-state index < -0.39 is 24.2 Å². The Bertz CT molecular complexity index is 744. The molecular weight excluding hydrogens is 365 g/mol. The SMILES string of the molecule is Cc1ccc(CN2CCCC(C(=O)NCC(F)(F)F)(n3ccnc3)C2)s1. The molecule has 0 aliphatic carbocycles. The summed E-state index contributed by atoms with van der Waals surface area (Å²) in [4.78, 5) is 21.3. The number of nitrogens with zero attached hydrogens (tertiary/aromatic N) is 3. The van der Waals surface area contributed by atoms with Crippen molar-refractivity contribution in [1.29, 1.82) is 0 Å². The molecule has 2 aromatic heterocycles. The number of piperidine rings is 1. The topological polar surface area (TPSA) is 50.2 Å². The monoisotopic (exact) mass is 386 g/mol. The molecule has 3 rings (SSSR count). The molecule has 0 radical (unpaired) electrons. The van der Waals surface area contributed by atoms with Crippen molar-refractivity contribution < 1.29 is 18.0 Å². The van der Waals surface area contributed by atoms with Gasteiger partial charge in [-0.1, -0.05) is 0 Å². The summed E-state index contributed by atoms with van der Waals surface area (Å²) in [6.45, 7) is 2.54. The zero-order valence-corrected chi connectivity index (χ0v) is 15.2. The Balaban J connectivity index is 1.80. The van der Waals surface area contributed by atoms with E-state index >= 15 is 0 Å². The number of aryl methyl sites for hydroxylation is 1. The van der Waals surface area contributed by atoms with E-state index in [-0.39, 0.29) is 0 Å². The van der Waals surface area contributed by atoms with Crippen LogP contribution in [0.25, 0.3) is 0 Å². The average molecular weight is 386 g/mol. The van der Waals surface area contributed by atoms with Gasteiger partial charge in [0.2, 0.25) is 5.91 Å². The second-order valence-corrected chi connectivity index (χ2v) is 8.00. The molecule has 0 aromatic carbocycles. The van der Waals surface area contributed by atoms with Crippen LogP contribution in [0.4, 0.5) is 13.2 Å². The molecule has 0 spiro atoms. The lowest BCUT2D eigenvalue weighted by Crippen LogP contribution is -2.58. The number of carbonyl (C=O) groups excluding carboxylic acids is 1. The highest BCUT2D eigenvalue weighted by Gasteiger charge is 2.44. The molecule has 26 heavy (non-hydrogen) atoms. The van der Waals surface area contributed by atoms with Gasteiger partial charge in [0.25, 0.3) is 0 Å². The summed E-state index contributed by atoms with van der Waals surface area (Å²) in [6, 6.07) is 4.10. The molecule has 1 fully saturated rings. The molecule has 0 bridgehead atoms. The largest absolute Gasteiger partial charge is 0.405 e. The lowest BCUT2D eigenvalue weighted by atomic mass is 9.87. The first-order chi connectivity index (χ1) is 12.3. The molecule has 1 aliphatic rings. The molecule has 9 heteroatoms. The van der Waals surface area contributed by atoms with Crippen LogP contribution in [0, 0.1) is 6.92 Å². The zero-order chi connectivity index (χ0) is 18.8. The number of alkyl halides is 3. The van der Waals surface area contributed by atoms with Gasteiger partial charge in [-0.15, -0.1) is 11.3 Å². The minimum Gasteiger partial charge on any atom is -0.345 e. The van der Waals surface area contributed by atoms with Crippen LogP contribution in [0.15, 0.2) is 30.9 Å². The van der Waals surface area contributed by atoms with Crippen molar-refractivity contribution >= 4 is 17.2 Å². The number of imidazole rings is 1. The van der Waals surface area contributed by atoms with Crippen LogP contribution in [-0.4, -0.2) is 46.2 Å². The number of hydrogen-bond acceptors (Lipinski definition) is 4. The van der Waals surface area contributed by atoms with E-state index in [1.54, 1.807) is 28.3 Å². The highest BCUT2D eigenvalue weighted by molar-refractivity contribution is 7.11. The maximum atomic E-state index is 12.8. The Kier molecular flexibility index (Phi) is 5.38. The van der Waals surface area contributed by atoms with E-state index in [1.807, 2.05) is 13.0 Å². The molecular formula is C17H21F3N4OS. The highest BCUT2D eigenvalue weighted by Crippen LogP contribution is 2.31. The minimum absolute atomic E-state index is 0.351. The van der Waals surface area contributed by atoms with Crippen molar-refractivity contribution in [2.45, 2.75) is 38.0 Å². The van der Waals surface area contributed by atoms with Crippen molar-refractivity contribution in [2.24, 2.45) is 0 Å². The molecule has 0 saturated carbocycles. The van der Waals surface area contributed by atoms with Gasteiger partial charge in [0.05, 0.1) is 6.33 Å². The van der Waals surface area contributed by atoms with Crippen molar-refractivity contribution in [2.75, 3.05) is 19.6 Å². The quantitative estimate of drug-likeness (QED) is 0.860. The van der Waals surface area contributed by atoms with Crippen LogP contribution >= 0.6 is 11.3 Å². The lowest BCUT2D eigenvalue weighted by Gasteiger charge is -2.42. The van der Waals surface area contributed by atoms with E-state index in [0.717, 1.165) is 13.0 Å². The smallest absolute Gasteiger partial charge is 0.345 e. The number of rotatable bonds is 5. The Morgan fingerprint density at radius 3 is 2.85 bits per heavy atom. The predicted molar refractivity (Wildman–Crippen MR) is 92.8 cm³/mol. The van der Waals surface area contributed by atoms with E-state index in [1.165, 1.54) is 16.1 Å². The van der Waals surface area contributed by atoms with E-state index in [9.17, 15) is 18.0 Å². The molecule has 1 N–H and O–H groups in total. The van der Waals surface area contributed by atoms with Gasteiger partial charge in [0.15, 0.2) is 0 Å². The molecule has 1 atom stereocenters. The first kappa shape index (κ1) is 18.9. The molecule has 1 unspecified atom stereocenters. The van der Waals surface area contributed by atoms with Crippen LogP contribution in [0.5, 0.6) is 0 Å². The molecule has 1 amide bonds. The summed E-state index contributed by atoms with van der Waals surface area (Å²) in [5, 5.41) is 2.07. The van der Waals surface area contributed by atoms with E-state index in [0.29, 0.717) is 19.5 Å². The van der Waals surface area contributed by atoms with Crippen LogP contribution in [0.2, 0.25) is 0 Å². The lowest BCUT2D eigenvalue weighted by molar-refractivity contribution is -0.146. The average Bonchev–Trinajstić information content (AvgIpc) is 3.24. The Morgan fingerprint density at radius 1 is 1.42 bits per heavy atom. The summed E-state index contributed by atoms with van der Waals surface area (Å²) < 4.78 is 39.4. The van der Waals surface area contributed by atoms with Crippen LogP contribution < -0.4 is 5.32 Å². The van der Waals surface area contributed by atoms with Crippen molar-refractivity contribution in [1.82, 2.24) is 19.8 Å². The fraction of sp³-hybridized carbons (Fsp3) is 0.529. The Labute approximate surface area is 153 Å². The maximum Gasteiger partial charge on any atom is 0.405 e. The number of carbonyl (C=O) groups is 1. The standard InChI is InChI=1S/C17H21F3N4OS/c1-13-3-4-14(26-13)9-23-7-2-5-16(11-23,24-8-6-21-12-24)15(25)22-10-17(18,19)20/h3-4,6,8,12H,2,5,7,9-11H2,1H3,(H,22,25). The molecule has 1 aliphatic heterocycles. The second-order valence-electron chi connectivity index (χ2n) is 6.63. The van der Waals surface area contributed by atoms with Gasteiger partial charge in [-0.3, -0.25) is 9.69 Å². The van der Waals surface area contributed by atoms with Crippen LogP contribution in [0.1, 0.15) is 22.6 Å². The van der Waals surface area contributed by atoms with Gasteiger partial charge in [-0.2, -0.15) is 13.2 Å². The molecule has 142 valence electrons. The number of aromatic nitrogens is 2. The summed E-state index contributed by atoms with van der Waals surface area (Å²) in [7, 11) is 0. The second kappa shape index (κ2) is 7.40. The van der Waals surface area contributed by atoms with Crippen molar-refractivity contribution in [3.63, 3.8) is 0 Å². The van der Waals surface area contributed by atoms with E-state index in [4.69, 9.17) is 0 Å². The summed E-state index contributed by atoms with van der Waals surface area (Å²) in [5.41, 5.74) is -1.08. The number of hydrogen-bond donors (Lipinski definition) is 1. The van der Waals surface area contributed by atoms with Gasteiger partial charge in [0.1, 0.15) is 12.1 Å². The number of thiophene rings is 1. The number of nitrogens with one attached hydrogen (secondary N) is 1. The van der Waals surface area contributed by atoms with Gasteiger partial charge < -0.3 is 9.88 Å².